The third-order valence-corrected chi connectivity index (χ3v) is 6.86. The average molecular weight is 388 g/mol. The van der Waals surface area contributed by atoms with Gasteiger partial charge in [-0.2, -0.15) is 4.31 Å². The Morgan fingerprint density at radius 3 is 2.41 bits per heavy atom. The Labute approximate surface area is 160 Å². The Morgan fingerprint density at radius 2 is 1.74 bits per heavy atom. The Hall–Kier alpha value is -2.38. The van der Waals surface area contributed by atoms with E-state index < -0.39 is 10.0 Å². The van der Waals surface area contributed by atoms with Crippen molar-refractivity contribution in [3.05, 3.63) is 54.1 Å². The fourth-order valence-electron chi connectivity index (χ4n) is 3.37. The van der Waals surface area contributed by atoms with E-state index in [-0.39, 0.29) is 17.3 Å². The fraction of sp³-hybridized carbons (Fsp3) is 0.350. The van der Waals surface area contributed by atoms with E-state index in [9.17, 15) is 13.2 Å². The number of amides is 1. The number of carbonyl (C=O) groups is 1. The van der Waals surface area contributed by atoms with E-state index in [0.717, 1.165) is 18.7 Å². The van der Waals surface area contributed by atoms with Crippen molar-refractivity contribution >= 4 is 27.3 Å². The lowest BCUT2D eigenvalue weighted by atomic mass is 10.2. The number of carbonyl (C=O) groups excluding carboxylic acids is 1. The van der Waals surface area contributed by atoms with Crippen LogP contribution in [0.5, 0.6) is 0 Å². The van der Waals surface area contributed by atoms with Crippen molar-refractivity contribution in [2.45, 2.75) is 25.2 Å². The molecule has 0 bridgehead atoms. The van der Waals surface area contributed by atoms with Gasteiger partial charge in [0.05, 0.1) is 11.4 Å². The molecule has 1 amide bonds. The molecule has 0 unspecified atom stereocenters. The van der Waals surface area contributed by atoms with Crippen molar-refractivity contribution in [3.63, 3.8) is 0 Å². The summed E-state index contributed by atoms with van der Waals surface area (Å²) in [5, 5.41) is 2.85. The first kappa shape index (κ1) is 19.4. The van der Waals surface area contributed by atoms with E-state index in [0.29, 0.717) is 18.8 Å². The third-order valence-electron chi connectivity index (χ3n) is 4.80. The highest BCUT2D eigenvalue weighted by molar-refractivity contribution is 7.89. The maximum absolute atomic E-state index is 12.5. The fourth-order valence-corrected chi connectivity index (χ4v) is 4.83. The van der Waals surface area contributed by atoms with Crippen LogP contribution in [-0.4, -0.2) is 44.8 Å². The number of nitrogens with zero attached hydrogens (tertiary/aromatic N) is 2. The van der Waals surface area contributed by atoms with Crippen LogP contribution in [-0.2, 0) is 21.2 Å². The summed E-state index contributed by atoms with van der Waals surface area (Å²) < 4.78 is 26.4. The standard InChI is InChI=1S/C20H25N3O3S/c1-3-23(4-2)27(25,26)18-11-9-17(10-12-18)21-20(24)15-22-14-13-16-7-5-6-8-19(16)22/h5-12H,3-4,13-15H2,1-2H3,(H,21,24). The predicted octanol–water partition coefficient (Wildman–Crippen LogP) is 2.72. The van der Waals surface area contributed by atoms with Gasteiger partial charge in [-0.3, -0.25) is 4.79 Å². The molecule has 1 heterocycles. The number of nitrogens with one attached hydrogen (secondary N) is 1. The van der Waals surface area contributed by atoms with E-state index in [1.807, 2.05) is 32.0 Å². The molecule has 0 aliphatic carbocycles. The summed E-state index contributed by atoms with van der Waals surface area (Å²) in [6.07, 6.45) is 0.946. The van der Waals surface area contributed by atoms with Crippen molar-refractivity contribution < 1.29 is 13.2 Å². The third kappa shape index (κ3) is 4.14. The van der Waals surface area contributed by atoms with Gasteiger partial charge in [0.25, 0.3) is 0 Å². The molecular formula is C20H25N3O3S. The molecule has 0 saturated carbocycles. The summed E-state index contributed by atoms with van der Waals surface area (Å²) in [6, 6.07) is 14.4. The molecule has 1 N–H and O–H groups in total. The summed E-state index contributed by atoms with van der Waals surface area (Å²) >= 11 is 0. The molecule has 1 aliphatic rings. The number of hydrogen-bond donors (Lipinski definition) is 1. The minimum absolute atomic E-state index is 0.119. The van der Waals surface area contributed by atoms with Crippen LogP contribution in [0.25, 0.3) is 0 Å². The monoisotopic (exact) mass is 387 g/mol. The van der Waals surface area contributed by atoms with Gasteiger partial charge < -0.3 is 10.2 Å². The van der Waals surface area contributed by atoms with Gasteiger partial charge in [0.1, 0.15) is 0 Å². The highest BCUT2D eigenvalue weighted by Gasteiger charge is 2.22. The van der Waals surface area contributed by atoms with Gasteiger partial charge in [-0.25, -0.2) is 8.42 Å². The molecule has 27 heavy (non-hydrogen) atoms. The molecule has 0 spiro atoms. The van der Waals surface area contributed by atoms with Crippen LogP contribution in [0.15, 0.2) is 53.4 Å². The molecule has 144 valence electrons. The summed E-state index contributed by atoms with van der Waals surface area (Å²) in [5.74, 6) is -0.119. The Balaban J connectivity index is 1.64. The minimum Gasteiger partial charge on any atom is -0.362 e. The number of rotatable bonds is 7. The SMILES string of the molecule is CCN(CC)S(=O)(=O)c1ccc(NC(=O)CN2CCc3ccccc32)cc1. The molecule has 0 aromatic heterocycles. The molecule has 2 aromatic carbocycles. The lowest BCUT2D eigenvalue weighted by molar-refractivity contribution is -0.115. The molecule has 1 aliphatic heterocycles. The molecule has 7 heteroatoms. The maximum atomic E-state index is 12.5. The van der Waals surface area contributed by atoms with Gasteiger partial charge in [0.2, 0.25) is 15.9 Å². The second-order valence-electron chi connectivity index (χ2n) is 6.46. The normalized spacial score (nSPS) is 13.7. The van der Waals surface area contributed by atoms with Crippen LogP contribution in [0.1, 0.15) is 19.4 Å². The number of fused-ring (bicyclic) bond motifs is 1. The number of hydrogen-bond acceptors (Lipinski definition) is 4. The van der Waals surface area contributed by atoms with Gasteiger partial charge in [-0.05, 0) is 42.3 Å². The van der Waals surface area contributed by atoms with Crippen LogP contribution in [0.4, 0.5) is 11.4 Å². The van der Waals surface area contributed by atoms with Crippen LogP contribution < -0.4 is 10.2 Å². The summed E-state index contributed by atoms with van der Waals surface area (Å²) in [6.45, 7) is 5.58. The van der Waals surface area contributed by atoms with Crippen LogP contribution >= 0.6 is 0 Å². The molecule has 0 saturated heterocycles. The lowest BCUT2D eigenvalue weighted by Crippen LogP contribution is -2.32. The quantitative estimate of drug-likeness (QED) is 0.793. The van der Waals surface area contributed by atoms with Crippen LogP contribution in [0.3, 0.4) is 0 Å². The van der Waals surface area contributed by atoms with E-state index in [1.165, 1.54) is 22.0 Å². The Bertz CT molecular complexity index is 906. The van der Waals surface area contributed by atoms with Crippen molar-refractivity contribution in [1.29, 1.82) is 0 Å². The van der Waals surface area contributed by atoms with Crippen LogP contribution in [0.2, 0.25) is 0 Å². The Morgan fingerprint density at radius 1 is 1.07 bits per heavy atom. The van der Waals surface area contributed by atoms with Crippen molar-refractivity contribution in [2.24, 2.45) is 0 Å². The number of anilines is 2. The zero-order valence-corrected chi connectivity index (χ0v) is 16.5. The molecule has 0 radical (unpaired) electrons. The first-order valence-corrected chi connectivity index (χ1v) is 10.6. The molecule has 2 aromatic rings. The van der Waals surface area contributed by atoms with E-state index >= 15 is 0 Å². The van der Waals surface area contributed by atoms with Gasteiger partial charge in [0, 0.05) is 31.0 Å². The van der Waals surface area contributed by atoms with Crippen molar-refractivity contribution in [1.82, 2.24) is 4.31 Å². The smallest absolute Gasteiger partial charge is 0.243 e. The lowest BCUT2D eigenvalue weighted by Gasteiger charge is -2.19. The van der Waals surface area contributed by atoms with Crippen LogP contribution in [0, 0.1) is 0 Å². The average Bonchev–Trinajstić information content (AvgIpc) is 3.06. The van der Waals surface area contributed by atoms with Gasteiger partial charge in [-0.1, -0.05) is 32.0 Å². The molecule has 0 fully saturated rings. The first-order valence-electron chi connectivity index (χ1n) is 9.18. The van der Waals surface area contributed by atoms with E-state index in [4.69, 9.17) is 0 Å². The number of para-hydroxylation sites is 1. The highest BCUT2D eigenvalue weighted by atomic mass is 32.2. The second-order valence-corrected chi connectivity index (χ2v) is 8.40. The molecular weight excluding hydrogens is 362 g/mol. The topological polar surface area (TPSA) is 69.7 Å². The second kappa shape index (κ2) is 8.10. The van der Waals surface area contributed by atoms with Crippen molar-refractivity contribution in [3.8, 4) is 0 Å². The summed E-state index contributed by atoms with van der Waals surface area (Å²) in [7, 11) is -3.49. The predicted molar refractivity (Wildman–Crippen MR) is 108 cm³/mol. The summed E-state index contributed by atoms with van der Waals surface area (Å²) in [4.78, 5) is 14.7. The minimum atomic E-state index is -3.49. The Kier molecular flexibility index (Phi) is 5.82. The van der Waals surface area contributed by atoms with Gasteiger partial charge in [-0.15, -0.1) is 0 Å². The molecule has 6 nitrogen and oxygen atoms in total. The number of benzene rings is 2. The molecule has 0 atom stereocenters. The summed E-state index contributed by atoms with van der Waals surface area (Å²) in [5.41, 5.74) is 2.95. The zero-order valence-electron chi connectivity index (χ0n) is 15.7. The van der Waals surface area contributed by atoms with E-state index in [2.05, 4.69) is 16.3 Å². The maximum Gasteiger partial charge on any atom is 0.243 e. The number of sulfonamides is 1. The first-order chi connectivity index (χ1) is 13.0. The molecule has 3 rings (SSSR count). The van der Waals surface area contributed by atoms with Gasteiger partial charge >= 0.3 is 0 Å². The largest absolute Gasteiger partial charge is 0.362 e. The zero-order chi connectivity index (χ0) is 19.4. The highest BCUT2D eigenvalue weighted by Crippen LogP contribution is 2.27. The van der Waals surface area contributed by atoms with E-state index in [1.54, 1.807) is 12.1 Å². The van der Waals surface area contributed by atoms with Gasteiger partial charge in [0.15, 0.2) is 0 Å². The van der Waals surface area contributed by atoms with Crippen molar-refractivity contribution in [2.75, 3.05) is 36.4 Å².